The van der Waals surface area contributed by atoms with Gasteiger partial charge in [-0.1, -0.05) is 27.7 Å². The molecule has 0 radical (unpaired) electrons. The van der Waals surface area contributed by atoms with Crippen LogP contribution in [0.4, 0.5) is 10.5 Å². The van der Waals surface area contributed by atoms with Crippen LogP contribution >= 0.6 is 0 Å². The van der Waals surface area contributed by atoms with Crippen molar-refractivity contribution in [2.75, 3.05) is 11.9 Å². The summed E-state index contributed by atoms with van der Waals surface area (Å²) in [5, 5.41) is 35.7. The Morgan fingerprint density at radius 1 is 1.16 bits per heavy atom. The van der Waals surface area contributed by atoms with E-state index >= 15 is 0 Å². The van der Waals surface area contributed by atoms with Gasteiger partial charge in [0.25, 0.3) is 0 Å². The first-order valence-electron chi connectivity index (χ1n) is 12.5. The molecule has 210 valence electrons. The maximum absolute atomic E-state index is 13.6. The predicted octanol–water partition coefficient (Wildman–Crippen LogP) is 4.24. The van der Waals surface area contributed by atoms with Gasteiger partial charge < -0.3 is 25.5 Å². The van der Waals surface area contributed by atoms with E-state index in [0.717, 1.165) is 5.56 Å². The number of hydrogen-bond donors (Lipinski definition) is 4. The molecule has 38 heavy (non-hydrogen) atoms. The largest absolute Gasteiger partial charge is 0.511 e. The van der Waals surface area contributed by atoms with E-state index in [4.69, 9.17) is 4.74 Å². The summed E-state index contributed by atoms with van der Waals surface area (Å²) in [6.45, 7) is 8.95. The second kappa shape index (κ2) is 10.2. The van der Waals surface area contributed by atoms with E-state index in [9.17, 15) is 34.5 Å². The molecular formula is C28H39NO9. The van der Waals surface area contributed by atoms with Crippen LogP contribution in [0.3, 0.4) is 0 Å². The van der Waals surface area contributed by atoms with Crippen molar-refractivity contribution in [2.45, 2.75) is 60.3 Å². The number of aryl methyl sites for hydroxylation is 1. The molecule has 3 aliphatic rings. The molecule has 3 aliphatic carbocycles. The summed E-state index contributed by atoms with van der Waals surface area (Å²) in [6.07, 6.45) is 0.446. The lowest BCUT2D eigenvalue weighted by atomic mass is 9.61. The minimum atomic E-state index is -1.10. The molecule has 4 rings (SSSR count). The number of aliphatic hydroxyl groups excluding tert-OH is 2. The van der Waals surface area contributed by atoms with E-state index in [1.165, 1.54) is 6.92 Å². The average Bonchev–Trinajstić information content (AvgIpc) is 2.78. The first kappa shape index (κ1) is 28.9. The molecule has 1 aromatic rings. The molecule has 3 atom stereocenters. The SMILES string of the molecule is CCc1cc(NC(=O)OCC(C)(C)C)c(O)c2c1CC1CC3CC(=O)C(C(C)=O)=C(O)C3C(=O)C1=C2O.O.[HH].[HH]. The van der Waals surface area contributed by atoms with Crippen LogP contribution in [0.25, 0.3) is 5.76 Å². The summed E-state index contributed by atoms with van der Waals surface area (Å²) < 4.78 is 5.24. The van der Waals surface area contributed by atoms with Gasteiger partial charge in [-0.3, -0.25) is 19.7 Å². The number of fused-ring (bicyclic) bond motifs is 3. The number of ether oxygens (including phenoxy) is 1. The number of rotatable bonds is 4. The van der Waals surface area contributed by atoms with Crippen LogP contribution in [0.2, 0.25) is 0 Å². The van der Waals surface area contributed by atoms with Gasteiger partial charge in [-0.2, -0.15) is 0 Å². The summed E-state index contributed by atoms with van der Waals surface area (Å²) in [4.78, 5) is 50.5. The molecule has 10 heteroatoms. The van der Waals surface area contributed by atoms with Crippen molar-refractivity contribution >= 4 is 34.9 Å². The number of phenolic OH excluding ortho intramolecular Hbond substituents is 1. The van der Waals surface area contributed by atoms with E-state index in [1.807, 2.05) is 27.7 Å². The van der Waals surface area contributed by atoms with Gasteiger partial charge in [0, 0.05) is 14.8 Å². The smallest absolute Gasteiger partial charge is 0.411 e. The van der Waals surface area contributed by atoms with Crippen LogP contribution in [-0.2, 0) is 32.0 Å². The highest BCUT2D eigenvalue weighted by Gasteiger charge is 2.50. The standard InChI is InChI=1S/C28H33NO8.H2O.2H2/c1-6-13-9-17(29-27(36)37-11-28(3,4)5)23(32)22-16(13)8-14-7-15-10-18(31)19(12(2)30)24(33)21(15)25(34)20(14)26(22)35;;;/h9,14-15,21,32-33,35H,6-8,10-11H2,1-5H3,(H,29,36);1H2;2*1H. The van der Waals surface area contributed by atoms with E-state index in [0.29, 0.717) is 24.8 Å². The lowest BCUT2D eigenvalue weighted by Crippen LogP contribution is -2.43. The molecule has 1 aromatic carbocycles. The molecule has 1 saturated carbocycles. The fourth-order valence-electron chi connectivity index (χ4n) is 5.74. The number of aliphatic hydroxyl groups is 2. The number of carbonyl (C=O) groups is 4. The van der Waals surface area contributed by atoms with Gasteiger partial charge in [0.05, 0.1) is 29.3 Å². The van der Waals surface area contributed by atoms with Crippen molar-refractivity contribution < 1.29 is 47.6 Å². The molecular weight excluding hydrogens is 494 g/mol. The van der Waals surface area contributed by atoms with E-state index in [1.54, 1.807) is 6.07 Å². The first-order chi connectivity index (χ1) is 17.2. The van der Waals surface area contributed by atoms with Crippen LogP contribution in [0.5, 0.6) is 5.75 Å². The average molecular weight is 534 g/mol. The quantitative estimate of drug-likeness (QED) is 0.327. The molecule has 6 N–H and O–H groups in total. The van der Waals surface area contributed by atoms with Crippen LogP contribution in [0.15, 0.2) is 23.0 Å². The molecule has 10 nitrogen and oxygen atoms in total. The van der Waals surface area contributed by atoms with E-state index < -0.39 is 52.7 Å². The number of hydrogen-bond acceptors (Lipinski definition) is 8. The van der Waals surface area contributed by atoms with Gasteiger partial charge in [0.1, 0.15) is 17.3 Å². The second-order valence-electron chi connectivity index (χ2n) is 11.3. The van der Waals surface area contributed by atoms with Crippen molar-refractivity contribution in [1.29, 1.82) is 0 Å². The molecule has 0 aliphatic heterocycles. The summed E-state index contributed by atoms with van der Waals surface area (Å²) >= 11 is 0. The fraction of sp³-hybridized carbons (Fsp3) is 0.500. The number of phenols is 1. The normalized spacial score (nSPS) is 22.7. The van der Waals surface area contributed by atoms with Crippen molar-refractivity contribution in [2.24, 2.45) is 23.2 Å². The van der Waals surface area contributed by atoms with Gasteiger partial charge in [-0.25, -0.2) is 4.79 Å². The van der Waals surface area contributed by atoms with Gasteiger partial charge in [-0.15, -0.1) is 0 Å². The van der Waals surface area contributed by atoms with Crippen LogP contribution in [0.1, 0.15) is 67.0 Å². The summed E-state index contributed by atoms with van der Waals surface area (Å²) in [6, 6.07) is 1.63. The number of allylic oxidation sites excluding steroid dienone is 3. The number of benzene rings is 1. The zero-order valence-corrected chi connectivity index (χ0v) is 22.2. The van der Waals surface area contributed by atoms with Crippen molar-refractivity contribution in [3.05, 3.63) is 39.7 Å². The molecule has 0 spiro atoms. The third kappa shape index (κ3) is 4.92. The van der Waals surface area contributed by atoms with Gasteiger partial charge in [-0.05, 0) is 60.6 Å². The Balaban J connectivity index is 0.00000267. The molecule has 0 heterocycles. The number of anilines is 1. The Hall–Kier alpha value is -3.66. The zero-order valence-electron chi connectivity index (χ0n) is 22.2. The Kier molecular flexibility index (Phi) is 7.79. The van der Waals surface area contributed by atoms with Crippen LogP contribution in [0, 0.1) is 23.2 Å². The molecule has 0 saturated heterocycles. The second-order valence-corrected chi connectivity index (χ2v) is 11.3. The molecule has 1 fully saturated rings. The first-order valence-corrected chi connectivity index (χ1v) is 12.5. The fourth-order valence-corrected chi connectivity index (χ4v) is 5.74. The Morgan fingerprint density at radius 2 is 1.82 bits per heavy atom. The van der Waals surface area contributed by atoms with E-state index in [-0.39, 0.29) is 54.9 Å². The topological polar surface area (TPSA) is 182 Å². The minimum absolute atomic E-state index is 0. The number of ketones is 3. The lowest BCUT2D eigenvalue weighted by molar-refractivity contribution is -0.127. The highest BCUT2D eigenvalue weighted by atomic mass is 16.5. The van der Waals surface area contributed by atoms with Gasteiger partial charge >= 0.3 is 6.09 Å². The molecule has 3 unspecified atom stereocenters. The van der Waals surface area contributed by atoms with Gasteiger partial charge in [0.2, 0.25) is 0 Å². The Bertz CT molecular complexity index is 1290. The van der Waals surface area contributed by atoms with Crippen molar-refractivity contribution in [1.82, 2.24) is 0 Å². The zero-order chi connectivity index (χ0) is 27.4. The Morgan fingerprint density at radius 3 is 2.39 bits per heavy atom. The number of amides is 1. The molecule has 0 bridgehead atoms. The van der Waals surface area contributed by atoms with Gasteiger partial charge in [0.15, 0.2) is 17.3 Å². The highest BCUT2D eigenvalue weighted by Crippen LogP contribution is 2.51. The maximum atomic E-state index is 13.6. The molecule has 0 aromatic heterocycles. The predicted molar refractivity (Wildman–Crippen MR) is 143 cm³/mol. The third-order valence-corrected chi connectivity index (χ3v) is 7.34. The minimum Gasteiger partial charge on any atom is -0.511 e. The van der Waals surface area contributed by atoms with Crippen LogP contribution < -0.4 is 5.32 Å². The summed E-state index contributed by atoms with van der Waals surface area (Å²) in [5.74, 6) is -5.00. The number of Topliss-reactive ketones (excluding diaryl/α,β-unsaturated/α-hetero) is 3. The third-order valence-electron chi connectivity index (χ3n) is 7.34. The summed E-state index contributed by atoms with van der Waals surface area (Å²) in [7, 11) is 0. The van der Waals surface area contributed by atoms with Crippen molar-refractivity contribution in [3.8, 4) is 5.75 Å². The Labute approximate surface area is 223 Å². The number of aromatic hydroxyl groups is 1. The number of carbonyl (C=O) groups excluding carboxylic acids is 4. The van der Waals surface area contributed by atoms with Crippen molar-refractivity contribution in [3.63, 3.8) is 0 Å². The lowest BCUT2D eigenvalue weighted by Gasteiger charge is -2.41. The monoisotopic (exact) mass is 533 g/mol. The number of nitrogens with one attached hydrogen (secondary N) is 1. The molecule has 1 amide bonds. The maximum Gasteiger partial charge on any atom is 0.411 e. The highest BCUT2D eigenvalue weighted by molar-refractivity contribution is 6.22. The summed E-state index contributed by atoms with van der Waals surface area (Å²) in [5.41, 5.74) is 0.991. The van der Waals surface area contributed by atoms with E-state index in [2.05, 4.69) is 5.32 Å². The van der Waals surface area contributed by atoms with Crippen LogP contribution in [-0.4, -0.2) is 50.8 Å².